The Bertz CT molecular complexity index is 1010. The van der Waals surface area contributed by atoms with Gasteiger partial charge in [-0.1, -0.05) is 54.1 Å². The van der Waals surface area contributed by atoms with Gasteiger partial charge in [0.2, 0.25) is 0 Å². The first-order valence-corrected chi connectivity index (χ1v) is 9.69. The monoisotopic (exact) mass is 460 g/mol. The molecule has 1 aromatic heterocycles. The lowest BCUT2D eigenvalue weighted by molar-refractivity contribution is 0.0735. The van der Waals surface area contributed by atoms with E-state index in [1.807, 2.05) is 37.3 Å². The highest BCUT2D eigenvalue weighted by atomic mass is 79.9. The fraction of sp³-hybridized carbons (Fsp3) is 0.150. The molecule has 3 rings (SSSR count). The molecule has 2 N–H and O–H groups in total. The lowest BCUT2D eigenvalue weighted by Gasteiger charge is -2.25. The van der Waals surface area contributed by atoms with Gasteiger partial charge in [0.1, 0.15) is 5.69 Å². The summed E-state index contributed by atoms with van der Waals surface area (Å²) in [6, 6.07) is 16.3. The number of benzene rings is 2. The van der Waals surface area contributed by atoms with E-state index in [1.54, 1.807) is 36.2 Å². The third-order valence-corrected chi connectivity index (χ3v) is 5.56. The van der Waals surface area contributed by atoms with Crippen LogP contribution in [0.3, 0.4) is 0 Å². The predicted octanol–water partition coefficient (Wildman–Crippen LogP) is 4.91. The fourth-order valence-corrected chi connectivity index (χ4v) is 3.35. The van der Waals surface area contributed by atoms with Crippen molar-refractivity contribution in [2.45, 2.75) is 13.0 Å². The molecule has 2 aromatic carbocycles. The van der Waals surface area contributed by atoms with Crippen LogP contribution in [0.25, 0.3) is 0 Å². The molecule has 6 nitrogen and oxygen atoms in total. The Hall–Kier alpha value is -2.64. The van der Waals surface area contributed by atoms with Crippen molar-refractivity contribution < 1.29 is 9.59 Å². The predicted molar refractivity (Wildman–Crippen MR) is 113 cm³/mol. The summed E-state index contributed by atoms with van der Waals surface area (Å²) in [5.41, 5.74) is 1.59. The first kappa shape index (κ1) is 20.1. The van der Waals surface area contributed by atoms with Crippen molar-refractivity contribution in [1.82, 2.24) is 15.1 Å². The van der Waals surface area contributed by atoms with Crippen molar-refractivity contribution in [1.29, 1.82) is 0 Å². The van der Waals surface area contributed by atoms with E-state index in [2.05, 4.69) is 31.4 Å². The molecule has 2 amide bonds. The van der Waals surface area contributed by atoms with Crippen LogP contribution in [0.2, 0.25) is 5.02 Å². The Balaban J connectivity index is 1.78. The summed E-state index contributed by atoms with van der Waals surface area (Å²) in [6.07, 6.45) is 0. The van der Waals surface area contributed by atoms with Crippen LogP contribution in [-0.2, 0) is 0 Å². The maximum absolute atomic E-state index is 12.9. The van der Waals surface area contributed by atoms with Gasteiger partial charge in [0, 0.05) is 7.05 Å². The average Bonchev–Trinajstić information content (AvgIpc) is 3.07. The smallest absolute Gasteiger partial charge is 0.273 e. The van der Waals surface area contributed by atoms with Gasteiger partial charge >= 0.3 is 0 Å². The number of hydrogen-bond acceptors (Lipinski definition) is 3. The maximum atomic E-state index is 12.9. The van der Waals surface area contributed by atoms with Gasteiger partial charge in [0.05, 0.1) is 21.1 Å². The van der Waals surface area contributed by atoms with Crippen LogP contribution in [0, 0.1) is 0 Å². The van der Waals surface area contributed by atoms with Gasteiger partial charge < -0.3 is 10.2 Å². The SMILES string of the molecule is C[C@H](c1ccccc1)N(C)C(=O)c1[nH]nc(NC(=O)c2ccccc2Cl)c1Br. The molecule has 0 radical (unpaired) electrons. The summed E-state index contributed by atoms with van der Waals surface area (Å²) in [4.78, 5) is 26.9. The number of halogens is 2. The van der Waals surface area contributed by atoms with Gasteiger partial charge in [-0.25, -0.2) is 0 Å². The number of carbonyl (C=O) groups excluding carboxylic acids is 2. The molecule has 8 heteroatoms. The lowest BCUT2D eigenvalue weighted by Crippen LogP contribution is -2.30. The van der Waals surface area contributed by atoms with Crippen LogP contribution in [0.4, 0.5) is 5.82 Å². The Morgan fingerprint density at radius 1 is 1.14 bits per heavy atom. The van der Waals surface area contributed by atoms with Crippen LogP contribution in [0.5, 0.6) is 0 Å². The normalized spacial score (nSPS) is 11.7. The zero-order chi connectivity index (χ0) is 20.3. The van der Waals surface area contributed by atoms with E-state index < -0.39 is 5.91 Å². The zero-order valence-electron chi connectivity index (χ0n) is 15.2. The number of H-pyrrole nitrogens is 1. The second-order valence-electron chi connectivity index (χ2n) is 6.20. The third-order valence-electron chi connectivity index (χ3n) is 4.45. The van der Waals surface area contributed by atoms with Gasteiger partial charge in [0.15, 0.2) is 5.82 Å². The molecule has 0 fully saturated rings. The van der Waals surface area contributed by atoms with E-state index in [1.165, 1.54) is 0 Å². The molecule has 0 saturated heterocycles. The molecule has 0 saturated carbocycles. The summed E-state index contributed by atoms with van der Waals surface area (Å²) < 4.78 is 0.380. The summed E-state index contributed by atoms with van der Waals surface area (Å²) in [7, 11) is 1.72. The molecule has 3 aromatic rings. The Morgan fingerprint density at radius 2 is 1.79 bits per heavy atom. The molecular formula is C20H18BrClN4O2. The molecule has 0 aliphatic heterocycles. The van der Waals surface area contributed by atoms with Gasteiger partial charge in [-0.05, 0) is 40.5 Å². The van der Waals surface area contributed by atoms with Crippen LogP contribution in [-0.4, -0.2) is 34.0 Å². The number of rotatable bonds is 5. The van der Waals surface area contributed by atoms with E-state index in [4.69, 9.17) is 11.6 Å². The Morgan fingerprint density at radius 3 is 2.46 bits per heavy atom. The standard InChI is InChI=1S/C20H18BrClN4O2/c1-12(13-8-4-3-5-9-13)26(2)20(28)17-16(21)18(25-24-17)23-19(27)14-10-6-7-11-15(14)22/h3-12H,1-2H3,(H2,23,24,25,27)/t12-/m1/s1. The first-order valence-electron chi connectivity index (χ1n) is 8.52. The fourth-order valence-electron chi connectivity index (χ4n) is 2.68. The molecule has 1 atom stereocenters. The molecule has 1 heterocycles. The summed E-state index contributed by atoms with van der Waals surface area (Å²) in [5.74, 6) is -0.453. The van der Waals surface area contributed by atoms with Crippen molar-refractivity contribution in [2.24, 2.45) is 0 Å². The number of anilines is 1. The second kappa shape index (κ2) is 8.58. The minimum Gasteiger partial charge on any atom is -0.334 e. The molecular weight excluding hydrogens is 444 g/mol. The van der Waals surface area contributed by atoms with Crippen molar-refractivity contribution in [2.75, 3.05) is 12.4 Å². The van der Waals surface area contributed by atoms with Crippen molar-refractivity contribution >= 4 is 45.2 Å². The minimum absolute atomic E-state index is 0.134. The van der Waals surface area contributed by atoms with Crippen LogP contribution in [0.1, 0.15) is 39.4 Å². The van der Waals surface area contributed by atoms with E-state index in [0.29, 0.717) is 15.1 Å². The van der Waals surface area contributed by atoms with E-state index in [-0.39, 0.29) is 23.5 Å². The number of nitrogens with zero attached hydrogens (tertiary/aromatic N) is 2. The highest BCUT2D eigenvalue weighted by Crippen LogP contribution is 2.28. The molecule has 0 aliphatic carbocycles. The number of nitrogens with one attached hydrogen (secondary N) is 2. The van der Waals surface area contributed by atoms with E-state index in [0.717, 1.165) is 5.56 Å². The maximum Gasteiger partial charge on any atom is 0.273 e. The summed E-state index contributed by atoms with van der Waals surface area (Å²) in [6.45, 7) is 1.94. The molecule has 0 bridgehead atoms. The van der Waals surface area contributed by atoms with E-state index >= 15 is 0 Å². The molecule has 0 unspecified atom stereocenters. The molecule has 0 aliphatic rings. The zero-order valence-corrected chi connectivity index (χ0v) is 17.6. The van der Waals surface area contributed by atoms with Crippen molar-refractivity contribution in [3.05, 3.63) is 80.9 Å². The average molecular weight is 462 g/mol. The third kappa shape index (κ3) is 4.10. The highest BCUT2D eigenvalue weighted by Gasteiger charge is 2.25. The first-order chi connectivity index (χ1) is 13.4. The minimum atomic E-state index is -0.414. The number of aromatic amines is 1. The number of amides is 2. The number of carbonyl (C=O) groups is 2. The van der Waals surface area contributed by atoms with Crippen LogP contribution < -0.4 is 5.32 Å². The summed E-state index contributed by atoms with van der Waals surface area (Å²) in [5, 5.41) is 9.74. The Labute approximate surface area is 176 Å². The Kier molecular flexibility index (Phi) is 6.16. The quantitative estimate of drug-likeness (QED) is 0.566. The van der Waals surface area contributed by atoms with Crippen LogP contribution >= 0.6 is 27.5 Å². The van der Waals surface area contributed by atoms with Crippen molar-refractivity contribution in [3.8, 4) is 0 Å². The number of aromatic nitrogens is 2. The largest absolute Gasteiger partial charge is 0.334 e. The van der Waals surface area contributed by atoms with Gasteiger partial charge in [0.25, 0.3) is 11.8 Å². The summed E-state index contributed by atoms with van der Waals surface area (Å²) >= 11 is 9.41. The highest BCUT2D eigenvalue weighted by molar-refractivity contribution is 9.10. The second-order valence-corrected chi connectivity index (χ2v) is 7.40. The van der Waals surface area contributed by atoms with Gasteiger partial charge in [-0.15, -0.1) is 0 Å². The lowest BCUT2D eigenvalue weighted by atomic mass is 10.1. The molecule has 144 valence electrons. The number of hydrogen-bond donors (Lipinski definition) is 2. The molecule has 0 spiro atoms. The van der Waals surface area contributed by atoms with Gasteiger partial charge in [-0.3, -0.25) is 14.7 Å². The molecule has 28 heavy (non-hydrogen) atoms. The van der Waals surface area contributed by atoms with Gasteiger partial charge in [-0.2, -0.15) is 5.10 Å². The van der Waals surface area contributed by atoms with E-state index in [9.17, 15) is 9.59 Å². The van der Waals surface area contributed by atoms with Crippen molar-refractivity contribution in [3.63, 3.8) is 0 Å². The topological polar surface area (TPSA) is 78.1 Å². The van der Waals surface area contributed by atoms with Crippen LogP contribution in [0.15, 0.2) is 59.1 Å².